The van der Waals surface area contributed by atoms with E-state index >= 15 is 0 Å². The molecule has 4 heterocycles. The van der Waals surface area contributed by atoms with E-state index in [-0.39, 0.29) is 11.8 Å². The van der Waals surface area contributed by atoms with Crippen molar-refractivity contribution >= 4 is 67.9 Å². The number of benzene rings is 3. The predicted molar refractivity (Wildman–Crippen MR) is 259 cm³/mol. The third kappa shape index (κ3) is 6.73. The van der Waals surface area contributed by atoms with Gasteiger partial charge in [0, 0.05) is 72.9 Å². The molecule has 6 atom stereocenters. The standard InChI is InChI=1S/C56H53N5S/c1-5-18-36(19-6-1)41-26-13-14-27-42(41)39-32-48(56-59-54(37-20-7-2-8-21-37)58-55(60-56)38-22-9-3-10-23-38)52(57-35-39)45-30-17-29-44-47-33-46-43-28-15-16-31-49(43)61(40-24-11-4-12-25-40)50(46)34-51(47)62-53(44)45/h2,4,7,9,11-15,17-18,22-30,33-35,37,39,43,46,49-50H,1,3,5-6,8,10,16,19-21,31-32H2. The Hall–Kier alpha value is -5.72. The third-order valence-electron chi connectivity index (χ3n) is 14.6. The van der Waals surface area contributed by atoms with Gasteiger partial charge in [0.05, 0.1) is 11.7 Å². The van der Waals surface area contributed by atoms with Crippen molar-refractivity contribution < 1.29 is 0 Å². The number of aliphatic imine (C=N–C) groups is 1. The smallest absolute Gasteiger partial charge is 0.163 e. The lowest BCUT2D eigenvalue weighted by molar-refractivity contribution is 0.471. The molecule has 0 saturated carbocycles. The largest absolute Gasteiger partial charge is 0.361 e. The summed E-state index contributed by atoms with van der Waals surface area (Å²) in [6, 6.07) is 28.0. The van der Waals surface area contributed by atoms with Crippen molar-refractivity contribution in [1.29, 1.82) is 0 Å². The molecule has 2 aliphatic heterocycles. The molecular formula is C56H53N5S. The molecule has 0 radical (unpaired) electrons. The minimum Gasteiger partial charge on any atom is -0.361 e. The number of allylic oxidation sites excluding steroid dienone is 10. The van der Waals surface area contributed by atoms with Gasteiger partial charge >= 0.3 is 0 Å². The molecule has 2 aromatic heterocycles. The Bertz CT molecular complexity index is 2920. The van der Waals surface area contributed by atoms with Crippen LogP contribution < -0.4 is 14.7 Å². The molecule has 0 spiro atoms. The summed E-state index contributed by atoms with van der Waals surface area (Å²) in [5.41, 5.74) is 9.94. The lowest BCUT2D eigenvalue weighted by Gasteiger charge is -2.33. The van der Waals surface area contributed by atoms with Crippen LogP contribution in [0.5, 0.6) is 0 Å². The molecule has 7 aliphatic rings. The van der Waals surface area contributed by atoms with Gasteiger partial charge in [-0.05, 0) is 117 Å². The van der Waals surface area contributed by atoms with Crippen LogP contribution >= 0.6 is 11.3 Å². The van der Waals surface area contributed by atoms with Gasteiger partial charge in [0.15, 0.2) is 11.6 Å². The van der Waals surface area contributed by atoms with E-state index in [0.717, 1.165) is 92.1 Å². The summed E-state index contributed by atoms with van der Waals surface area (Å²) in [4.78, 5) is 24.5. The van der Waals surface area contributed by atoms with Crippen molar-refractivity contribution in [3.05, 3.63) is 165 Å². The molecule has 62 heavy (non-hydrogen) atoms. The van der Waals surface area contributed by atoms with E-state index in [1.165, 1.54) is 67.1 Å². The second kappa shape index (κ2) is 16.2. The topological polar surface area (TPSA) is 54.3 Å². The summed E-state index contributed by atoms with van der Waals surface area (Å²) >= 11 is 1.94. The van der Waals surface area contributed by atoms with Gasteiger partial charge in [-0.1, -0.05) is 115 Å². The Morgan fingerprint density at radius 3 is 2.45 bits per heavy atom. The monoisotopic (exact) mass is 827 g/mol. The number of anilines is 1. The summed E-state index contributed by atoms with van der Waals surface area (Å²) < 4.78 is 2.67. The summed E-state index contributed by atoms with van der Waals surface area (Å²) in [6.07, 6.45) is 39.4. The molecule has 0 amide bonds. The zero-order valence-corrected chi connectivity index (χ0v) is 36.2. The van der Waals surface area contributed by atoms with Crippen molar-refractivity contribution in [3.8, 4) is 0 Å². The number of aromatic nitrogens is 3. The van der Waals surface area contributed by atoms with Crippen molar-refractivity contribution in [2.24, 2.45) is 16.8 Å². The quantitative estimate of drug-likeness (QED) is 0.153. The highest BCUT2D eigenvalue weighted by Crippen LogP contribution is 2.47. The van der Waals surface area contributed by atoms with E-state index in [1.54, 1.807) is 0 Å². The average Bonchev–Trinajstić information content (AvgIpc) is 3.89. The Labute approximate surface area is 369 Å². The van der Waals surface area contributed by atoms with Gasteiger partial charge in [-0.3, -0.25) is 4.99 Å². The molecule has 6 heteroatoms. The van der Waals surface area contributed by atoms with E-state index in [1.807, 2.05) is 11.3 Å². The molecular weight excluding hydrogens is 775 g/mol. The van der Waals surface area contributed by atoms with Crippen LogP contribution in [0.3, 0.4) is 0 Å². The van der Waals surface area contributed by atoms with Crippen LogP contribution in [-0.4, -0.2) is 33.3 Å². The number of para-hydroxylation sites is 1. The highest BCUT2D eigenvalue weighted by molar-refractivity contribution is 7.17. The van der Waals surface area contributed by atoms with E-state index in [0.29, 0.717) is 23.9 Å². The summed E-state index contributed by atoms with van der Waals surface area (Å²) in [6.45, 7) is 0. The van der Waals surface area contributed by atoms with Crippen LogP contribution in [-0.2, 0) is 0 Å². The van der Waals surface area contributed by atoms with Crippen LogP contribution in [0.1, 0.15) is 123 Å². The van der Waals surface area contributed by atoms with E-state index in [4.69, 9.17) is 19.9 Å². The molecule has 308 valence electrons. The molecule has 3 aromatic carbocycles. The molecule has 5 aliphatic carbocycles. The number of nitrogens with zero attached hydrogens (tertiary/aromatic N) is 5. The summed E-state index contributed by atoms with van der Waals surface area (Å²) in [5.74, 6) is 3.78. The fourth-order valence-electron chi connectivity index (χ4n) is 11.6. The highest BCUT2D eigenvalue weighted by Gasteiger charge is 2.47. The first-order valence-electron chi connectivity index (χ1n) is 23.3. The fourth-order valence-corrected chi connectivity index (χ4v) is 12.9. The highest BCUT2D eigenvalue weighted by atomic mass is 32.1. The fraction of sp³-hybridized carbons (Fsp3) is 0.321. The van der Waals surface area contributed by atoms with E-state index in [9.17, 15) is 0 Å². The first-order chi connectivity index (χ1) is 30.7. The molecule has 0 bridgehead atoms. The summed E-state index contributed by atoms with van der Waals surface area (Å²) in [5, 5.41) is 2.72. The van der Waals surface area contributed by atoms with Crippen LogP contribution in [0.25, 0.3) is 44.7 Å². The molecule has 12 rings (SSSR count). The van der Waals surface area contributed by atoms with Gasteiger partial charge in [0.2, 0.25) is 0 Å². The molecule has 0 N–H and O–H groups in total. The number of hydrogen-bond donors (Lipinski definition) is 0. The maximum absolute atomic E-state index is 5.57. The van der Waals surface area contributed by atoms with Gasteiger partial charge < -0.3 is 4.90 Å². The molecule has 1 saturated heterocycles. The Morgan fingerprint density at radius 1 is 0.694 bits per heavy atom. The maximum atomic E-state index is 5.57. The van der Waals surface area contributed by atoms with Crippen molar-refractivity contribution in [2.45, 2.75) is 101 Å². The maximum Gasteiger partial charge on any atom is 0.163 e. The van der Waals surface area contributed by atoms with Crippen LogP contribution in [0, 0.1) is 11.8 Å². The zero-order valence-electron chi connectivity index (χ0n) is 35.4. The van der Waals surface area contributed by atoms with Crippen LogP contribution in [0.15, 0.2) is 126 Å². The normalized spacial score (nSPS) is 26.4. The van der Waals surface area contributed by atoms with E-state index in [2.05, 4.69) is 145 Å². The molecule has 6 unspecified atom stereocenters. The van der Waals surface area contributed by atoms with E-state index < -0.39 is 0 Å². The lowest BCUT2D eigenvalue weighted by Crippen LogP contribution is -2.40. The van der Waals surface area contributed by atoms with Crippen molar-refractivity contribution in [2.75, 3.05) is 4.90 Å². The minimum atomic E-state index is 0.0973. The van der Waals surface area contributed by atoms with Crippen molar-refractivity contribution in [1.82, 2.24) is 15.0 Å². The Morgan fingerprint density at radius 2 is 1.58 bits per heavy atom. The SMILES string of the molecule is C1=CC(c2nc(C3=C(c4cccc5c6c(sc45)=CC4C(C=6)C5C=CCCC5N4c4ccccc4)N=CC(c4ccccc4C4=CCCCC4)C3)nc(C3CC=CCC3)n2)=CCC1. The number of thiophene rings is 1. The zero-order chi connectivity index (χ0) is 41.0. The Kier molecular flexibility index (Phi) is 9.93. The van der Waals surface area contributed by atoms with Crippen molar-refractivity contribution in [3.63, 3.8) is 0 Å². The first kappa shape index (κ1) is 38.0. The van der Waals surface area contributed by atoms with Gasteiger partial charge in [-0.25, -0.2) is 15.0 Å². The van der Waals surface area contributed by atoms with Crippen LogP contribution in [0.4, 0.5) is 5.69 Å². The third-order valence-corrected chi connectivity index (χ3v) is 15.8. The number of hydrogen-bond acceptors (Lipinski definition) is 6. The second-order valence-electron chi connectivity index (χ2n) is 18.3. The van der Waals surface area contributed by atoms with Gasteiger partial charge in [-0.2, -0.15) is 0 Å². The van der Waals surface area contributed by atoms with Gasteiger partial charge in [-0.15, -0.1) is 11.3 Å². The average molecular weight is 828 g/mol. The molecule has 5 aromatic rings. The molecule has 5 nitrogen and oxygen atoms in total. The molecule has 1 fully saturated rings. The second-order valence-corrected chi connectivity index (χ2v) is 19.3. The number of fused-ring (bicyclic) bond motifs is 6. The minimum absolute atomic E-state index is 0.0973. The summed E-state index contributed by atoms with van der Waals surface area (Å²) in [7, 11) is 0. The predicted octanol–water partition coefficient (Wildman–Crippen LogP) is 12.1. The van der Waals surface area contributed by atoms with Crippen LogP contribution in [0.2, 0.25) is 0 Å². The van der Waals surface area contributed by atoms with Gasteiger partial charge in [0.1, 0.15) is 5.82 Å². The number of rotatable bonds is 7. The Balaban J connectivity index is 1.04. The first-order valence-corrected chi connectivity index (χ1v) is 24.2. The van der Waals surface area contributed by atoms with Gasteiger partial charge in [0.25, 0.3) is 0 Å². The lowest BCUT2D eigenvalue weighted by atomic mass is 9.80.